The van der Waals surface area contributed by atoms with Gasteiger partial charge in [-0.1, -0.05) is 0 Å². The number of phenols is 1. The summed E-state index contributed by atoms with van der Waals surface area (Å²) < 4.78 is 9.85. The highest BCUT2D eigenvalue weighted by Gasteiger charge is 2.34. The Hall–Kier alpha value is -1.75. The highest BCUT2D eigenvalue weighted by molar-refractivity contribution is 5.95. The van der Waals surface area contributed by atoms with Crippen molar-refractivity contribution in [2.75, 3.05) is 7.11 Å². The minimum atomic E-state index is -0.950. The number of hydrogen-bond acceptors (Lipinski definition) is 5. The molecule has 5 nitrogen and oxygen atoms in total. The van der Waals surface area contributed by atoms with Crippen LogP contribution in [0.15, 0.2) is 12.1 Å². The first-order valence-corrected chi connectivity index (χ1v) is 4.84. The molecule has 1 aromatic carbocycles. The fraction of sp³-hybridized carbons (Fsp3) is 0.364. The third-order valence-electron chi connectivity index (χ3n) is 2.62. The van der Waals surface area contributed by atoms with Crippen LogP contribution in [0.25, 0.3) is 0 Å². The average molecular weight is 224 g/mol. The van der Waals surface area contributed by atoms with E-state index in [-0.39, 0.29) is 11.3 Å². The van der Waals surface area contributed by atoms with Crippen LogP contribution in [0.4, 0.5) is 0 Å². The summed E-state index contributed by atoms with van der Waals surface area (Å²) in [7, 11) is 1.44. The van der Waals surface area contributed by atoms with Crippen LogP contribution in [0.2, 0.25) is 0 Å². The lowest BCUT2D eigenvalue weighted by Crippen LogP contribution is -2.29. The predicted octanol–water partition coefficient (Wildman–Crippen LogP) is 0.993. The molecule has 0 aromatic heterocycles. The molecule has 1 aliphatic rings. The van der Waals surface area contributed by atoms with Crippen LogP contribution < -0.4 is 4.74 Å². The Labute approximate surface area is 92.2 Å². The lowest BCUT2D eigenvalue weighted by molar-refractivity contribution is -0.0217. The molecule has 2 rings (SSSR count). The topological polar surface area (TPSA) is 76.0 Å². The second-order valence-corrected chi connectivity index (χ2v) is 3.67. The minimum Gasteiger partial charge on any atom is -0.507 e. The van der Waals surface area contributed by atoms with E-state index in [1.165, 1.54) is 19.2 Å². The molecular formula is C11H12O5. The van der Waals surface area contributed by atoms with Crippen molar-refractivity contribution in [1.82, 2.24) is 0 Å². The second-order valence-electron chi connectivity index (χ2n) is 3.67. The van der Waals surface area contributed by atoms with Crippen molar-refractivity contribution in [2.45, 2.75) is 19.1 Å². The van der Waals surface area contributed by atoms with E-state index in [2.05, 4.69) is 0 Å². The molecule has 5 heteroatoms. The zero-order valence-corrected chi connectivity index (χ0v) is 8.93. The number of hydrogen-bond donors (Lipinski definition) is 2. The number of ether oxygens (including phenoxy) is 2. The fourth-order valence-electron chi connectivity index (χ4n) is 1.74. The number of cyclic esters (lactones) is 1. The third kappa shape index (κ3) is 1.49. The maximum atomic E-state index is 11.5. The molecule has 1 aromatic rings. The lowest BCUT2D eigenvalue weighted by Gasteiger charge is -2.27. The van der Waals surface area contributed by atoms with Gasteiger partial charge in [-0.2, -0.15) is 0 Å². The van der Waals surface area contributed by atoms with Gasteiger partial charge in [0.1, 0.15) is 29.3 Å². The van der Waals surface area contributed by atoms with Gasteiger partial charge in [-0.05, 0) is 13.0 Å². The van der Waals surface area contributed by atoms with Gasteiger partial charge in [0.15, 0.2) is 0 Å². The van der Waals surface area contributed by atoms with Crippen molar-refractivity contribution >= 4 is 5.97 Å². The molecule has 0 amide bonds. The van der Waals surface area contributed by atoms with Crippen LogP contribution in [-0.4, -0.2) is 29.4 Å². The number of methoxy groups -OCH3 is 1. The molecule has 0 saturated heterocycles. The Kier molecular flexibility index (Phi) is 2.47. The number of phenolic OH excluding ortho intramolecular Hbond substituents is 1. The van der Waals surface area contributed by atoms with Crippen LogP contribution in [0.1, 0.15) is 28.9 Å². The Balaban J connectivity index is 2.62. The summed E-state index contributed by atoms with van der Waals surface area (Å²) in [6, 6.07) is 2.83. The predicted molar refractivity (Wildman–Crippen MR) is 54.5 cm³/mol. The van der Waals surface area contributed by atoms with E-state index in [4.69, 9.17) is 9.47 Å². The number of carbonyl (C=O) groups excluding carboxylic acids is 1. The normalized spacial score (nSPS) is 23.6. The number of benzene rings is 1. The van der Waals surface area contributed by atoms with Crippen molar-refractivity contribution in [3.63, 3.8) is 0 Å². The third-order valence-corrected chi connectivity index (χ3v) is 2.62. The molecule has 0 radical (unpaired) electrons. The Bertz CT molecular complexity index is 440. The number of aliphatic hydroxyl groups is 1. The van der Waals surface area contributed by atoms with Gasteiger partial charge in [0.05, 0.1) is 7.11 Å². The van der Waals surface area contributed by atoms with Gasteiger partial charge in [-0.3, -0.25) is 0 Å². The molecule has 0 aliphatic carbocycles. The van der Waals surface area contributed by atoms with E-state index in [0.29, 0.717) is 11.3 Å². The molecule has 0 unspecified atom stereocenters. The summed E-state index contributed by atoms with van der Waals surface area (Å²) in [5.41, 5.74) is 0.340. The molecule has 2 atom stereocenters. The highest BCUT2D eigenvalue weighted by Crippen LogP contribution is 2.37. The van der Waals surface area contributed by atoms with E-state index in [9.17, 15) is 15.0 Å². The average Bonchev–Trinajstić information content (AvgIpc) is 2.24. The van der Waals surface area contributed by atoms with Crippen molar-refractivity contribution in [3.05, 3.63) is 23.3 Å². The fourth-order valence-corrected chi connectivity index (χ4v) is 1.74. The SMILES string of the molecule is COc1cc(O)c2c(c1)[C@@H](O)[C@@H](C)OC2=O. The maximum absolute atomic E-state index is 11.5. The molecular weight excluding hydrogens is 212 g/mol. The molecule has 1 heterocycles. The van der Waals surface area contributed by atoms with Gasteiger partial charge in [0, 0.05) is 11.6 Å². The van der Waals surface area contributed by atoms with Gasteiger partial charge in [-0.15, -0.1) is 0 Å². The number of fused-ring (bicyclic) bond motifs is 1. The molecule has 0 bridgehead atoms. The van der Waals surface area contributed by atoms with Gasteiger partial charge < -0.3 is 19.7 Å². The van der Waals surface area contributed by atoms with Gasteiger partial charge in [0.2, 0.25) is 0 Å². The Morgan fingerprint density at radius 3 is 2.75 bits per heavy atom. The van der Waals surface area contributed by atoms with Gasteiger partial charge >= 0.3 is 5.97 Å². The van der Waals surface area contributed by atoms with Crippen molar-refractivity contribution < 1.29 is 24.5 Å². The summed E-state index contributed by atoms with van der Waals surface area (Å²) >= 11 is 0. The van der Waals surface area contributed by atoms with E-state index >= 15 is 0 Å². The number of aliphatic hydroxyl groups excluding tert-OH is 1. The first kappa shape index (κ1) is 10.8. The molecule has 86 valence electrons. The number of rotatable bonds is 1. The van der Waals surface area contributed by atoms with Crippen LogP contribution in [0.3, 0.4) is 0 Å². The molecule has 0 fully saturated rings. The minimum absolute atomic E-state index is 0.00593. The summed E-state index contributed by atoms with van der Waals surface area (Å²) in [4.78, 5) is 11.5. The molecule has 1 aliphatic heterocycles. The maximum Gasteiger partial charge on any atom is 0.342 e. The van der Waals surface area contributed by atoms with Crippen LogP contribution in [-0.2, 0) is 4.74 Å². The highest BCUT2D eigenvalue weighted by atomic mass is 16.6. The van der Waals surface area contributed by atoms with Gasteiger partial charge in [-0.25, -0.2) is 4.79 Å². The van der Waals surface area contributed by atoms with E-state index in [0.717, 1.165) is 0 Å². The molecule has 0 spiro atoms. The Morgan fingerprint density at radius 2 is 2.12 bits per heavy atom. The lowest BCUT2D eigenvalue weighted by atomic mass is 9.95. The number of carbonyl (C=O) groups is 1. The van der Waals surface area contributed by atoms with Crippen molar-refractivity contribution in [1.29, 1.82) is 0 Å². The number of esters is 1. The largest absolute Gasteiger partial charge is 0.507 e. The van der Waals surface area contributed by atoms with Crippen LogP contribution >= 0.6 is 0 Å². The second kappa shape index (κ2) is 3.68. The summed E-state index contributed by atoms with van der Waals surface area (Å²) in [6.07, 6.45) is -1.58. The van der Waals surface area contributed by atoms with E-state index < -0.39 is 18.2 Å². The van der Waals surface area contributed by atoms with Crippen LogP contribution in [0, 0.1) is 0 Å². The van der Waals surface area contributed by atoms with Crippen LogP contribution in [0.5, 0.6) is 11.5 Å². The standard InChI is InChI=1S/C11H12O5/c1-5-10(13)7-3-6(15-2)4-8(12)9(7)11(14)16-5/h3-5,10,12-13H,1-2H3/t5-,10+/m1/s1. The molecule has 0 saturated carbocycles. The summed E-state index contributed by atoms with van der Waals surface area (Å²) in [5.74, 6) is -0.490. The monoisotopic (exact) mass is 224 g/mol. The van der Waals surface area contributed by atoms with Crippen molar-refractivity contribution in [2.24, 2.45) is 0 Å². The first-order valence-electron chi connectivity index (χ1n) is 4.84. The Morgan fingerprint density at radius 1 is 1.44 bits per heavy atom. The number of aromatic hydroxyl groups is 1. The molecule has 2 N–H and O–H groups in total. The molecule has 16 heavy (non-hydrogen) atoms. The smallest absolute Gasteiger partial charge is 0.342 e. The summed E-state index contributed by atoms with van der Waals surface area (Å²) in [6.45, 7) is 1.59. The first-order chi connectivity index (χ1) is 7.54. The van der Waals surface area contributed by atoms with Crippen molar-refractivity contribution in [3.8, 4) is 11.5 Å². The van der Waals surface area contributed by atoms with E-state index in [1.807, 2.05) is 0 Å². The zero-order valence-electron chi connectivity index (χ0n) is 8.93. The zero-order chi connectivity index (χ0) is 11.9. The van der Waals surface area contributed by atoms with Gasteiger partial charge in [0.25, 0.3) is 0 Å². The summed E-state index contributed by atoms with van der Waals surface area (Å²) in [5, 5.41) is 19.5. The quantitative estimate of drug-likeness (QED) is 0.696. The van der Waals surface area contributed by atoms with E-state index in [1.54, 1.807) is 6.92 Å².